The third kappa shape index (κ3) is 7.60. The highest BCUT2D eigenvalue weighted by Crippen LogP contribution is 2.34. The van der Waals surface area contributed by atoms with Crippen molar-refractivity contribution in [3.8, 4) is 17.2 Å². The summed E-state index contributed by atoms with van der Waals surface area (Å²) in [5.41, 5.74) is 0.799. The van der Waals surface area contributed by atoms with Crippen LogP contribution in [-0.4, -0.2) is 64.1 Å². The van der Waals surface area contributed by atoms with E-state index in [9.17, 15) is 22.4 Å². The molecule has 2 amide bonds. The number of halogens is 1. The molecule has 0 unspecified atom stereocenters. The van der Waals surface area contributed by atoms with Gasteiger partial charge in [0.2, 0.25) is 11.8 Å². The summed E-state index contributed by atoms with van der Waals surface area (Å²) in [5, 5.41) is 2.94. The Balaban J connectivity index is 1.73. The molecular formula is C32H38FN3O7S. The number of methoxy groups -OCH3 is 1. The van der Waals surface area contributed by atoms with Gasteiger partial charge in [0.25, 0.3) is 10.0 Å². The van der Waals surface area contributed by atoms with E-state index >= 15 is 0 Å². The predicted octanol–water partition coefficient (Wildman–Crippen LogP) is 4.52. The Morgan fingerprint density at radius 1 is 0.955 bits per heavy atom. The zero-order valence-corrected chi connectivity index (χ0v) is 26.1. The highest BCUT2D eigenvalue weighted by atomic mass is 32.2. The van der Waals surface area contributed by atoms with Crippen molar-refractivity contribution in [2.45, 2.75) is 57.1 Å². The Labute approximate surface area is 257 Å². The number of nitrogens with zero attached hydrogens (tertiary/aromatic N) is 2. The number of sulfonamides is 1. The first-order valence-electron chi connectivity index (χ1n) is 14.5. The zero-order chi connectivity index (χ0) is 31.9. The zero-order valence-electron chi connectivity index (χ0n) is 25.3. The fraction of sp³-hybridized carbons (Fsp3) is 0.375. The first kappa shape index (κ1) is 32.6. The first-order valence-corrected chi connectivity index (χ1v) is 15.9. The fourth-order valence-electron chi connectivity index (χ4n) is 4.74. The summed E-state index contributed by atoms with van der Waals surface area (Å²) >= 11 is 0. The average Bonchev–Trinajstić information content (AvgIpc) is 3.03. The van der Waals surface area contributed by atoms with E-state index in [1.807, 2.05) is 13.8 Å². The molecule has 2 atom stereocenters. The van der Waals surface area contributed by atoms with Crippen LogP contribution in [0.5, 0.6) is 17.2 Å². The van der Waals surface area contributed by atoms with Crippen LogP contribution in [0.3, 0.4) is 0 Å². The van der Waals surface area contributed by atoms with Crippen molar-refractivity contribution in [2.24, 2.45) is 0 Å². The van der Waals surface area contributed by atoms with Gasteiger partial charge in [-0.15, -0.1) is 0 Å². The number of benzene rings is 3. The molecule has 0 spiro atoms. The van der Waals surface area contributed by atoms with Crippen LogP contribution in [0, 0.1) is 5.82 Å². The van der Waals surface area contributed by atoms with E-state index in [1.54, 1.807) is 38.3 Å². The minimum absolute atomic E-state index is 0.0383. The largest absolute Gasteiger partial charge is 0.497 e. The Hall–Kier alpha value is -4.32. The summed E-state index contributed by atoms with van der Waals surface area (Å²) in [6.45, 7) is 5.59. The molecule has 44 heavy (non-hydrogen) atoms. The molecule has 3 aromatic carbocycles. The molecule has 0 aromatic heterocycles. The lowest BCUT2D eigenvalue weighted by Crippen LogP contribution is -2.53. The number of fused-ring (bicyclic) bond motifs is 1. The van der Waals surface area contributed by atoms with E-state index in [0.29, 0.717) is 24.5 Å². The molecule has 10 nitrogen and oxygen atoms in total. The SMILES string of the molecule is CC[C@H](C)NC(=O)[C@H](CC)N(Cc1ccc(OC)cc1)C(=O)CN(c1ccc(F)cc1)S(=O)(=O)c1ccc2c(c1)OCCO2. The predicted molar refractivity (Wildman–Crippen MR) is 164 cm³/mol. The highest BCUT2D eigenvalue weighted by Gasteiger charge is 2.34. The van der Waals surface area contributed by atoms with Gasteiger partial charge in [-0.1, -0.05) is 26.0 Å². The van der Waals surface area contributed by atoms with Gasteiger partial charge in [0.15, 0.2) is 11.5 Å². The van der Waals surface area contributed by atoms with E-state index in [1.165, 1.54) is 35.2 Å². The van der Waals surface area contributed by atoms with Gasteiger partial charge in [-0.25, -0.2) is 12.8 Å². The number of carbonyl (C=O) groups excluding carboxylic acids is 2. The Bertz CT molecular complexity index is 1550. The maximum Gasteiger partial charge on any atom is 0.264 e. The van der Waals surface area contributed by atoms with Crippen molar-refractivity contribution >= 4 is 27.5 Å². The van der Waals surface area contributed by atoms with Crippen molar-refractivity contribution < 1.29 is 36.6 Å². The van der Waals surface area contributed by atoms with Gasteiger partial charge in [0.1, 0.15) is 37.4 Å². The van der Waals surface area contributed by atoms with Gasteiger partial charge in [-0.3, -0.25) is 13.9 Å². The van der Waals surface area contributed by atoms with Crippen LogP contribution < -0.4 is 23.8 Å². The monoisotopic (exact) mass is 627 g/mol. The van der Waals surface area contributed by atoms with E-state index in [4.69, 9.17) is 14.2 Å². The Kier molecular flexibility index (Phi) is 10.7. The molecule has 1 aliphatic heterocycles. The molecule has 0 fully saturated rings. The van der Waals surface area contributed by atoms with E-state index in [2.05, 4.69) is 5.32 Å². The number of hydrogen-bond acceptors (Lipinski definition) is 7. The first-order chi connectivity index (χ1) is 21.1. The smallest absolute Gasteiger partial charge is 0.264 e. The molecule has 0 bridgehead atoms. The molecule has 0 saturated carbocycles. The van der Waals surface area contributed by atoms with E-state index in [0.717, 1.165) is 22.0 Å². The third-order valence-corrected chi connectivity index (χ3v) is 9.16. The molecule has 12 heteroatoms. The summed E-state index contributed by atoms with van der Waals surface area (Å²) in [5.74, 6) is -0.226. The number of rotatable bonds is 13. The van der Waals surface area contributed by atoms with Gasteiger partial charge < -0.3 is 24.4 Å². The lowest BCUT2D eigenvalue weighted by Gasteiger charge is -2.34. The summed E-state index contributed by atoms with van der Waals surface area (Å²) in [7, 11) is -2.83. The Morgan fingerprint density at radius 3 is 2.23 bits per heavy atom. The lowest BCUT2D eigenvalue weighted by molar-refractivity contribution is -0.140. The number of carbonyl (C=O) groups is 2. The molecular weight excluding hydrogens is 589 g/mol. The molecule has 0 saturated heterocycles. The minimum Gasteiger partial charge on any atom is -0.497 e. The molecule has 0 radical (unpaired) electrons. The molecule has 1 heterocycles. The molecule has 1 aliphatic rings. The van der Waals surface area contributed by atoms with Crippen LogP contribution in [0.25, 0.3) is 0 Å². The topological polar surface area (TPSA) is 114 Å². The van der Waals surface area contributed by atoms with Crippen molar-refractivity contribution in [3.05, 3.63) is 78.1 Å². The van der Waals surface area contributed by atoms with Gasteiger partial charge in [0.05, 0.1) is 17.7 Å². The fourth-order valence-corrected chi connectivity index (χ4v) is 6.17. The average molecular weight is 628 g/mol. The van der Waals surface area contributed by atoms with Crippen LogP contribution in [0.15, 0.2) is 71.6 Å². The van der Waals surface area contributed by atoms with Crippen LogP contribution >= 0.6 is 0 Å². The van der Waals surface area contributed by atoms with Gasteiger partial charge >= 0.3 is 0 Å². The van der Waals surface area contributed by atoms with E-state index < -0.39 is 34.3 Å². The minimum atomic E-state index is -4.38. The lowest BCUT2D eigenvalue weighted by atomic mass is 10.1. The second-order valence-corrected chi connectivity index (χ2v) is 12.3. The quantitative estimate of drug-likeness (QED) is 0.296. The summed E-state index contributed by atoms with van der Waals surface area (Å²) in [4.78, 5) is 28.8. The third-order valence-electron chi connectivity index (χ3n) is 7.39. The summed E-state index contributed by atoms with van der Waals surface area (Å²) in [6, 6.07) is 15.1. The number of ether oxygens (including phenoxy) is 3. The van der Waals surface area contributed by atoms with Gasteiger partial charge in [-0.2, -0.15) is 0 Å². The molecule has 1 N–H and O–H groups in total. The van der Waals surface area contributed by atoms with Crippen LogP contribution in [-0.2, 0) is 26.2 Å². The molecule has 0 aliphatic carbocycles. The normalized spacial score (nSPS) is 13.8. The molecule has 3 aromatic rings. The maximum absolute atomic E-state index is 14.2. The van der Waals surface area contributed by atoms with Crippen LogP contribution in [0.2, 0.25) is 0 Å². The van der Waals surface area contributed by atoms with Crippen molar-refractivity contribution in [2.75, 3.05) is 31.2 Å². The number of hydrogen-bond donors (Lipinski definition) is 1. The second-order valence-electron chi connectivity index (χ2n) is 10.4. The van der Waals surface area contributed by atoms with E-state index in [-0.39, 0.29) is 47.9 Å². The van der Waals surface area contributed by atoms with Crippen LogP contribution in [0.4, 0.5) is 10.1 Å². The Morgan fingerprint density at radius 2 is 1.61 bits per heavy atom. The number of nitrogens with one attached hydrogen (secondary N) is 1. The number of amides is 2. The highest BCUT2D eigenvalue weighted by molar-refractivity contribution is 7.92. The summed E-state index contributed by atoms with van der Waals surface area (Å²) < 4.78 is 59.4. The van der Waals surface area contributed by atoms with Gasteiger partial charge in [-0.05, 0) is 73.9 Å². The van der Waals surface area contributed by atoms with Crippen LogP contribution in [0.1, 0.15) is 39.2 Å². The number of anilines is 1. The van der Waals surface area contributed by atoms with Crippen molar-refractivity contribution in [1.82, 2.24) is 10.2 Å². The molecule has 236 valence electrons. The standard InChI is InChI=1S/C32H38FN3O7S/c1-5-22(3)34-32(38)28(6-2)35(20-23-7-13-26(41-4)14-8-23)31(37)21-36(25-11-9-24(33)10-12-25)44(39,40)27-15-16-29-30(19-27)43-18-17-42-29/h7-16,19,22,28H,5-6,17-18,20-21H2,1-4H3,(H,34,38)/t22-,28-/m0/s1. The van der Waals surface area contributed by atoms with Crippen molar-refractivity contribution in [3.63, 3.8) is 0 Å². The summed E-state index contributed by atoms with van der Waals surface area (Å²) in [6.07, 6.45) is 0.982. The van der Waals surface area contributed by atoms with Crippen molar-refractivity contribution in [1.29, 1.82) is 0 Å². The second kappa shape index (κ2) is 14.4. The maximum atomic E-state index is 14.2. The molecule has 4 rings (SSSR count). The van der Waals surface area contributed by atoms with Gasteiger partial charge in [0, 0.05) is 18.7 Å².